The molecule has 0 saturated heterocycles. The number of nitrogens with zero attached hydrogens (tertiary/aromatic N) is 2. The molecule has 3 aromatic rings. The van der Waals surface area contributed by atoms with Crippen LogP contribution in [0.4, 0.5) is 0 Å². The van der Waals surface area contributed by atoms with Crippen LogP contribution >= 0.6 is 0 Å². The minimum absolute atomic E-state index is 0.0569. The first-order valence-electron chi connectivity index (χ1n) is 9.32. The molecule has 138 valence electrons. The van der Waals surface area contributed by atoms with E-state index in [9.17, 15) is 9.59 Å². The number of aromatic nitrogens is 1. The fraction of sp³-hybridized carbons (Fsp3) is 0.273. The van der Waals surface area contributed by atoms with Crippen molar-refractivity contribution in [3.05, 3.63) is 71.4 Å². The lowest BCUT2D eigenvalue weighted by molar-refractivity contribution is -0.122. The molecule has 1 atom stereocenters. The van der Waals surface area contributed by atoms with E-state index in [1.54, 1.807) is 4.90 Å². The number of aryl methyl sites for hydroxylation is 1. The molecule has 4 rings (SSSR count). The first kappa shape index (κ1) is 17.3. The van der Waals surface area contributed by atoms with Gasteiger partial charge in [-0.3, -0.25) is 9.59 Å². The number of amides is 2. The molecular weight excluding hydrogens is 338 g/mol. The minimum atomic E-state index is -0.257. The van der Waals surface area contributed by atoms with Gasteiger partial charge in [0.15, 0.2) is 0 Å². The second kappa shape index (κ2) is 6.91. The highest BCUT2D eigenvalue weighted by Gasteiger charge is 2.39. The van der Waals surface area contributed by atoms with Crippen LogP contribution < -0.4 is 5.32 Å². The van der Waals surface area contributed by atoms with E-state index in [2.05, 4.69) is 28.2 Å². The summed E-state index contributed by atoms with van der Waals surface area (Å²) in [5, 5.41) is 3.99. The predicted octanol–water partition coefficient (Wildman–Crippen LogP) is 3.25. The Kier molecular flexibility index (Phi) is 4.44. The monoisotopic (exact) mass is 361 g/mol. The largest absolute Gasteiger partial charge is 0.355 e. The van der Waals surface area contributed by atoms with Crippen molar-refractivity contribution in [1.82, 2.24) is 14.8 Å². The van der Waals surface area contributed by atoms with Gasteiger partial charge in [0.2, 0.25) is 5.91 Å². The van der Waals surface area contributed by atoms with Gasteiger partial charge in [0.1, 0.15) is 6.54 Å². The van der Waals surface area contributed by atoms with Gasteiger partial charge in [-0.15, -0.1) is 0 Å². The SMILES string of the molecule is CCCNC(=O)CN1C(=O)c2ccccc2[C@@H]1c1cn(C)c2ccccc12. The zero-order chi connectivity index (χ0) is 19.0. The maximum atomic E-state index is 13.1. The molecular formula is C22H23N3O2. The highest BCUT2D eigenvalue weighted by Crippen LogP contribution is 2.41. The van der Waals surface area contributed by atoms with Crippen LogP contribution in [0, 0.1) is 0 Å². The summed E-state index contributed by atoms with van der Waals surface area (Å²) >= 11 is 0. The average Bonchev–Trinajstić information content (AvgIpc) is 3.15. The van der Waals surface area contributed by atoms with E-state index < -0.39 is 0 Å². The zero-order valence-electron chi connectivity index (χ0n) is 15.6. The Hall–Kier alpha value is -3.08. The van der Waals surface area contributed by atoms with Gasteiger partial charge in [-0.1, -0.05) is 43.3 Å². The number of nitrogens with one attached hydrogen (secondary N) is 1. The van der Waals surface area contributed by atoms with Gasteiger partial charge in [0.25, 0.3) is 5.91 Å². The van der Waals surface area contributed by atoms with Gasteiger partial charge in [-0.05, 0) is 24.1 Å². The number of carbonyl (C=O) groups excluding carboxylic acids is 2. The molecule has 1 aromatic heterocycles. The molecule has 0 aliphatic carbocycles. The Balaban J connectivity index is 1.81. The van der Waals surface area contributed by atoms with Gasteiger partial charge in [-0.2, -0.15) is 0 Å². The van der Waals surface area contributed by atoms with Gasteiger partial charge in [-0.25, -0.2) is 0 Å². The molecule has 1 aliphatic heterocycles. The van der Waals surface area contributed by atoms with Crippen molar-refractivity contribution >= 4 is 22.7 Å². The van der Waals surface area contributed by atoms with Crippen molar-refractivity contribution in [2.24, 2.45) is 7.05 Å². The van der Waals surface area contributed by atoms with Crippen LogP contribution in [0.1, 0.15) is 40.9 Å². The average molecular weight is 361 g/mol. The Bertz CT molecular complexity index is 1020. The predicted molar refractivity (Wildman–Crippen MR) is 106 cm³/mol. The fourth-order valence-electron chi connectivity index (χ4n) is 3.93. The summed E-state index contributed by atoms with van der Waals surface area (Å²) in [6, 6.07) is 15.6. The number of hydrogen-bond acceptors (Lipinski definition) is 2. The van der Waals surface area contributed by atoms with E-state index in [0.29, 0.717) is 12.1 Å². The first-order chi connectivity index (χ1) is 13.1. The Morgan fingerprint density at radius 1 is 1.07 bits per heavy atom. The summed E-state index contributed by atoms with van der Waals surface area (Å²) in [6.45, 7) is 2.68. The highest BCUT2D eigenvalue weighted by molar-refractivity contribution is 6.02. The summed E-state index contributed by atoms with van der Waals surface area (Å²) in [5.41, 5.74) is 3.80. The number of hydrogen-bond donors (Lipinski definition) is 1. The van der Waals surface area contributed by atoms with Crippen molar-refractivity contribution in [1.29, 1.82) is 0 Å². The van der Waals surface area contributed by atoms with Crippen LogP contribution in [-0.4, -0.2) is 34.4 Å². The molecule has 1 aliphatic rings. The highest BCUT2D eigenvalue weighted by atomic mass is 16.2. The molecule has 2 heterocycles. The van der Waals surface area contributed by atoms with Crippen LogP contribution in [0.15, 0.2) is 54.7 Å². The van der Waals surface area contributed by atoms with Crippen molar-refractivity contribution in [2.75, 3.05) is 13.1 Å². The Labute approximate surface area is 158 Å². The summed E-state index contributed by atoms with van der Waals surface area (Å²) in [7, 11) is 2.01. The number of para-hydroxylation sites is 1. The number of carbonyl (C=O) groups is 2. The Morgan fingerprint density at radius 3 is 2.63 bits per heavy atom. The molecule has 27 heavy (non-hydrogen) atoms. The molecule has 0 spiro atoms. The topological polar surface area (TPSA) is 54.3 Å². The van der Waals surface area contributed by atoms with E-state index in [1.165, 1.54) is 0 Å². The van der Waals surface area contributed by atoms with Crippen LogP contribution in [0.25, 0.3) is 10.9 Å². The maximum Gasteiger partial charge on any atom is 0.255 e. The van der Waals surface area contributed by atoms with E-state index in [4.69, 9.17) is 0 Å². The summed E-state index contributed by atoms with van der Waals surface area (Å²) in [5.74, 6) is -0.210. The van der Waals surface area contributed by atoms with E-state index in [0.717, 1.165) is 28.5 Å². The number of rotatable bonds is 5. The van der Waals surface area contributed by atoms with Crippen molar-refractivity contribution < 1.29 is 9.59 Å². The molecule has 5 heteroatoms. The molecule has 0 fully saturated rings. The molecule has 0 radical (unpaired) electrons. The Morgan fingerprint density at radius 2 is 1.81 bits per heavy atom. The molecule has 0 bridgehead atoms. The smallest absolute Gasteiger partial charge is 0.255 e. The van der Waals surface area contributed by atoms with Crippen LogP contribution in [0.3, 0.4) is 0 Å². The molecule has 0 unspecified atom stereocenters. The second-order valence-electron chi connectivity index (χ2n) is 6.99. The lowest BCUT2D eigenvalue weighted by atomic mass is 9.97. The van der Waals surface area contributed by atoms with Crippen LogP contribution in [0.2, 0.25) is 0 Å². The minimum Gasteiger partial charge on any atom is -0.355 e. The standard InChI is InChI=1S/C22H23N3O2/c1-3-12-23-20(26)14-25-21(16-9-4-5-10-17(16)22(25)27)18-13-24(2)19-11-7-6-8-15(18)19/h4-11,13,21H,3,12,14H2,1-2H3,(H,23,26)/t21-/m1/s1. The summed E-state index contributed by atoms with van der Waals surface area (Å²) in [4.78, 5) is 27.2. The van der Waals surface area contributed by atoms with E-state index >= 15 is 0 Å². The van der Waals surface area contributed by atoms with Crippen LogP contribution in [-0.2, 0) is 11.8 Å². The zero-order valence-corrected chi connectivity index (χ0v) is 15.6. The molecule has 0 saturated carbocycles. The molecule has 2 amide bonds. The molecule has 1 N–H and O–H groups in total. The van der Waals surface area contributed by atoms with Crippen molar-refractivity contribution in [3.63, 3.8) is 0 Å². The van der Waals surface area contributed by atoms with Crippen molar-refractivity contribution in [2.45, 2.75) is 19.4 Å². The quantitative estimate of drug-likeness (QED) is 0.758. The normalized spacial score (nSPS) is 16.0. The maximum absolute atomic E-state index is 13.1. The third kappa shape index (κ3) is 2.89. The third-order valence-corrected chi connectivity index (χ3v) is 5.17. The van der Waals surface area contributed by atoms with Gasteiger partial charge in [0.05, 0.1) is 6.04 Å². The van der Waals surface area contributed by atoms with E-state index in [-0.39, 0.29) is 24.4 Å². The van der Waals surface area contributed by atoms with Gasteiger partial charge >= 0.3 is 0 Å². The van der Waals surface area contributed by atoms with E-state index in [1.807, 2.05) is 50.4 Å². The number of benzene rings is 2. The second-order valence-corrected chi connectivity index (χ2v) is 6.99. The number of fused-ring (bicyclic) bond motifs is 2. The third-order valence-electron chi connectivity index (χ3n) is 5.17. The summed E-state index contributed by atoms with van der Waals surface area (Å²) < 4.78 is 2.07. The molecule has 2 aromatic carbocycles. The van der Waals surface area contributed by atoms with Gasteiger partial charge < -0.3 is 14.8 Å². The fourth-order valence-corrected chi connectivity index (χ4v) is 3.93. The lowest BCUT2D eigenvalue weighted by Gasteiger charge is -2.25. The first-order valence-corrected chi connectivity index (χ1v) is 9.32. The molecule has 5 nitrogen and oxygen atoms in total. The summed E-state index contributed by atoms with van der Waals surface area (Å²) in [6.07, 6.45) is 2.94. The van der Waals surface area contributed by atoms with Crippen molar-refractivity contribution in [3.8, 4) is 0 Å². The van der Waals surface area contributed by atoms with Gasteiger partial charge in [0, 0.05) is 41.8 Å². The van der Waals surface area contributed by atoms with Crippen LogP contribution in [0.5, 0.6) is 0 Å². The lowest BCUT2D eigenvalue weighted by Crippen LogP contribution is -2.39.